The van der Waals surface area contributed by atoms with E-state index in [-0.39, 0.29) is 33.1 Å². The lowest BCUT2D eigenvalue weighted by molar-refractivity contribution is 0.312. The predicted octanol–water partition coefficient (Wildman–Crippen LogP) is 4.08. The Bertz CT molecular complexity index is 1040. The number of aromatic nitrogens is 2. The van der Waals surface area contributed by atoms with Crippen molar-refractivity contribution in [2.75, 3.05) is 37.6 Å². The van der Waals surface area contributed by atoms with E-state index in [1.165, 1.54) is 24.3 Å². The third kappa shape index (κ3) is 4.64. The summed E-state index contributed by atoms with van der Waals surface area (Å²) in [5.74, 6) is -1.17. The summed E-state index contributed by atoms with van der Waals surface area (Å²) in [4.78, 5) is 9.22. The van der Waals surface area contributed by atoms with Crippen molar-refractivity contribution >= 4 is 40.1 Å². The zero-order valence-corrected chi connectivity index (χ0v) is 16.7. The highest BCUT2D eigenvalue weighted by Gasteiger charge is 2.19. The Hall–Kier alpha value is -2.75. The molecule has 2 aromatic carbocycles. The topological polar surface area (TPSA) is 91.3 Å². The molecule has 0 amide bonds. The van der Waals surface area contributed by atoms with Crippen molar-refractivity contribution < 1.29 is 14.0 Å². The maximum Gasteiger partial charge on any atom is 0.201 e. The van der Waals surface area contributed by atoms with Crippen molar-refractivity contribution in [2.24, 2.45) is 0 Å². The Kier molecular flexibility index (Phi) is 6.31. The van der Waals surface area contributed by atoms with E-state index in [0.717, 1.165) is 19.0 Å². The molecule has 0 saturated heterocycles. The molecule has 0 atom stereocenters. The Labute approximate surface area is 171 Å². The summed E-state index contributed by atoms with van der Waals surface area (Å²) in [5, 5.41) is 22.2. The lowest BCUT2D eigenvalue weighted by Gasteiger charge is -2.18. The SMILES string of the molecule is CN(C)CCCNc1nc2c(F)ccc(C(=N)N(O)c3ccc(F)c(Cl)c3)c2[nH]1. The fraction of sp³-hybridized carbons (Fsp3) is 0.263. The van der Waals surface area contributed by atoms with E-state index >= 15 is 0 Å². The van der Waals surface area contributed by atoms with Gasteiger partial charge in [0, 0.05) is 12.1 Å². The standard InChI is InChI=1S/C19H21ClF2N6O/c1-27(2)9-3-8-24-19-25-16-12(5-7-15(22)17(16)26-19)18(23)28(29)11-4-6-14(21)13(20)10-11/h4-7,10,23,29H,3,8-9H2,1-2H3,(H2,24,25,26). The smallest absolute Gasteiger partial charge is 0.201 e. The lowest BCUT2D eigenvalue weighted by Crippen LogP contribution is -2.27. The number of hydroxylamine groups is 1. The summed E-state index contributed by atoms with van der Waals surface area (Å²) in [6, 6.07) is 6.09. The minimum atomic E-state index is -0.641. The Morgan fingerprint density at radius 1 is 1.24 bits per heavy atom. The average molecular weight is 423 g/mol. The van der Waals surface area contributed by atoms with Gasteiger partial charge < -0.3 is 15.2 Å². The molecular formula is C19H21ClF2N6O. The molecule has 1 heterocycles. The van der Waals surface area contributed by atoms with E-state index in [1.807, 2.05) is 14.1 Å². The second-order valence-corrected chi connectivity index (χ2v) is 7.15. The van der Waals surface area contributed by atoms with Crippen LogP contribution in [-0.2, 0) is 0 Å². The monoisotopic (exact) mass is 422 g/mol. The molecule has 154 valence electrons. The molecule has 3 rings (SSSR count). The maximum atomic E-state index is 14.2. The number of fused-ring (bicyclic) bond motifs is 1. The van der Waals surface area contributed by atoms with Gasteiger partial charge in [-0.3, -0.25) is 10.6 Å². The lowest BCUT2D eigenvalue weighted by atomic mass is 10.1. The number of H-pyrrole nitrogens is 1. The second kappa shape index (κ2) is 8.73. The van der Waals surface area contributed by atoms with E-state index in [1.54, 1.807) is 0 Å². The van der Waals surface area contributed by atoms with Crippen LogP contribution in [0.3, 0.4) is 0 Å². The number of halogens is 3. The minimum Gasteiger partial charge on any atom is -0.356 e. The third-order valence-corrected chi connectivity index (χ3v) is 4.57. The molecule has 0 saturated carbocycles. The average Bonchev–Trinajstić information content (AvgIpc) is 3.11. The molecule has 0 fully saturated rings. The molecule has 0 spiro atoms. The van der Waals surface area contributed by atoms with Gasteiger partial charge in [0.05, 0.1) is 16.2 Å². The van der Waals surface area contributed by atoms with Gasteiger partial charge in [-0.1, -0.05) is 11.6 Å². The normalized spacial score (nSPS) is 11.3. The highest BCUT2D eigenvalue weighted by molar-refractivity contribution is 6.31. The molecule has 29 heavy (non-hydrogen) atoms. The van der Waals surface area contributed by atoms with Gasteiger partial charge in [0.2, 0.25) is 5.95 Å². The van der Waals surface area contributed by atoms with Crippen LogP contribution >= 0.6 is 11.6 Å². The number of nitrogens with zero attached hydrogens (tertiary/aromatic N) is 3. The number of nitrogens with one attached hydrogen (secondary N) is 3. The number of amidine groups is 1. The maximum absolute atomic E-state index is 14.2. The van der Waals surface area contributed by atoms with E-state index in [0.29, 0.717) is 17.6 Å². The van der Waals surface area contributed by atoms with E-state index in [4.69, 9.17) is 17.0 Å². The first kappa shape index (κ1) is 21.0. The molecule has 10 heteroatoms. The van der Waals surface area contributed by atoms with Crippen LogP contribution in [0.15, 0.2) is 30.3 Å². The van der Waals surface area contributed by atoms with Crippen molar-refractivity contribution in [3.63, 3.8) is 0 Å². The fourth-order valence-corrected chi connectivity index (χ4v) is 2.98. The molecule has 0 aliphatic carbocycles. The number of benzene rings is 2. The van der Waals surface area contributed by atoms with Crippen LogP contribution < -0.4 is 10.4 Å². The molecule has 3 aromatic rings. The first-order chi connectivity index (χ1) is 13.8. The number of hydrogen-bond donors (Lipinski definition) is 4. The van der Waals surface area contributed by atoms with Gasteiger partial charge in [-0.25, -0.2) is 18.8 Å². The van der Waals surface area contributed by atoms with Gasteiger partial charge >= 0.3 is 0 Å². The van der Waals surface area contributed by atoms with Crippen molar-refractivity contribution in [1.82, 2.24) is 14.9 Å². The van der Waals surface area contributed by atoms with Crippen molar-refractivity contribution in [1.29, 1.82) is 5.41 Å². The van der Waals surface area contributed by atoms with Gasteiger partial charge in [-0.15, -0.1) is 0 Å². The summed E-state index contributed by atoms with van der Waals surface area (Å²) in [6.07, 6.45) is 0.866. The number of rotatable bonds is 7. The number of anilines is 2. The summed E-state index contributed by atoms with van der Waals surface area (Å²) in [7, 11) is 3.95. The second-order valence-electron chi connectivity index (χ2n) is 6.75. The highest BCUT2D eigenvalue weighted by Crippen LogP contribution is 2.26. The van der Waals surface area contributed by atoms with Crippen LogP contribution in [0.2, 0.25) is 5.02 Å². The molecule has 0 aliphatic heterocycles. The van der Waals surface area contributed by atoms with Gasteiger partial charge in [0.15, 0.2) is 11.7 Å². The highest BCUT2D eigenvalue weighted by atomic mass is 35.5. The van der Waals surface area contributed by atoms with Crippen LogP contribution in [-0.4, -0.2) is 53.1 Å². The zero-order valence-electron chi connectivity index (χ0n) is 15.9. The molecule has 4 N–H and O–H groups in total. The summed E-state index contributed by atoms with van der Waals surface area (Å²) in [5.41, 5.74) is 0.629. The molecule has 0 radical (unpaired) electrons. The van der Waals surface area contributed by atoms with Crippen LogP contribution in [0, 0.1) is 17.0 Å². The van der Waals surface area contributed by atoms with Crippen molar-refractivity contribution in [3.05, 3.63) is 52.6 Å². The largest absolute Gasteiger partial charge is 0.356 e. The van der Waals surface area contributed by atoms with Crippen molar-refractivity contribution in [3.8, 4) is 0 Å². The van der Waals surface area contributed by atoms with Gasteiger partial charge in [0.1, 0.15) is 11.3 Å². The quantitative estimate of drug-likeness (QED) is 0.199. The molecular weight excluding hydrogens is 402 g/mol. The number of hydrogen-bond acceptors (Lipinski definition) is 5. The van der Waals surface area contributed by atoms with Crippen molar-refractivity contribution in [2.45, 2.75) is 6.42 Å². The number of aromatic amines is 1. The minimum absolute atomic E-state index is 0.0490. The van der Waals surface area contributed by atoms with E-state index in [9.17, 15) is 14.0 Å². The molecule has 1 aromatic heterocycles. The van der Waals surface area contributed by atoms with Gasteiger partial charge in [-0.05, 0) is 57.4 Å². The fourth-order valence-electron chi connectivity index (χ4n) is 2.80. The first-order valence-corrected chi connectivity index (χ1v) is 9.25. The first-order valence-electron chi connectivity index (χ1n) is 8.87. The Morgan fingerprint density at radius 3 is 2.66 bits per heavy atom. The van der Waals surface area contributed by atoms with Crippen LogP contribution in [0.1, 0.15) is 12.0 Å². The Morgan fingerprint density at radius 2 is 1.97 bits per heavy atom. The summed E-state index contributed by atoms with van der Waals surface area (Å²) >= 11 is 5.75. The van der Waals surface area contributed by atoms with Crippen LogP contribution in [0.25, 0.3) is 11.0 Å². The van der Waals surface area contributed by atoms with E-state index < -0.39 is 11.6 Å². The van der Waals surface area contributed by atoms with E-state index in [2.05, 4.69) is 20.2 Å². The summed E-state index contributed by atoms with van der Waals surface area (Å²) in [6.45, 7) is 1.52. The molecule has 0 unspecified atom stereocenters. The summed E-state index contributed by atoms with van der Waals surface area (Å²) < 4.78 is 27.6. The van der Waals surface area contributed by atoms with Crippen LogP contribution in [0.5, 0.6) is 0 Å². The molecule has 0 bridgehead atoms. The third-order valence-electron chi connectivity index (χ3n) is 4.28. The zero-order chi connectivity index (χ0) is 21.1. The predicted molar refractivity (Wildman–Crippen MR) is 110 cm³/mol. The Balaban J connectivity index is 1.87. The number of imidazole rings is 1. The van der Waals surface area contributed by atoms with Gasteiger partial charge in [-0.2, -0.15) is 0 Å². The molecule has 7 nitrogen and oxygen atoms in total. The van der Waals surface area contributed by atoms with Gasteiger partial charge in [0.25, 0.3) is 0 Å². The molecule has 0 aliphatic rings. The van der Waals surface area contributed by atoms with Crippen LogP contribution in [0.4, 0.5) is 20.4 Å².